The molecule has 0 saturated carbocycles. The predicted molar refractivity (Wildman–Crippen MR) is 148 cm³/mol. The van der Waals surface area contributed by atoms with Gasteiger partial charge in [-0.3, -0.25) is 9.78 Å². The fourth-order valence-corrected chi connectivity index (χ4v) is 11.1. The summed E-state index contributed by atoms with van der Waals surface area (Å²) >= 11 is 0. The summed E-state index contributed by atoms with van der Waals surface area (Å²) in [4.78, 5) is 21.1. The van der Waals surface area contributed by atoms with Gasteiger partial charge in [-0.2, -0.15) is 0 Å². The lowest BCUT2D eigenvalue weighted by atomic mass is 10.0. The molecule has 2 heterocycles. The van der Waals surface area contributed by atoms with Crippen molar-refractivity contribution in [2.75, 3.05) is 0 Å². The second kappa shape index (κ2) is 13.1. The highest BCUT2D eigenvalue weighted by Gasteiger charge is 2.46. The van der Waals surface area contributed by atoms with Crippen molar-refractivity contribution in [2.24, 2.45) is 0 Å². The normalized spacial score (nSPS) is 13.0. The van der Waals surface area contributed by atoms with Crippen LogP contribution in [0.1, 0.15) is 96.0 Å². The smallest absolute Gasteiger partial charge is 0.263 e. The van der Waals surface area contributed by atoms with Crippen LogP contribution in [0.25, 0.3) is 11.5 Å². The first-order valence-electron chi connectivity index (χ1n) is 13.4. The number of hydrogen-bond acceptors (Lipinski definition) is 5. The molecular formula is C30H42N2O3Si. The SMILES string of the molecule is CC(C)[Si](OC(CCCCCC(=O)c1ncc(-c2ccccn2)o1)c1ccccc1)(C(C)C)C(C)C. The molecule has 0 aliphatic rings. The number of Topliss-reactive ketones (excluding diaryl/α,β-unsaturated/α-hetero) is 1. The van der Waals surface area contributed by atoms with Gasteiger partial charge in [0.1, 0.15) is 5.69 Å². The molecule has 0 amide bonds. The third kappa shape index (κ3) is 6.80. The summed E-state index contributed by atoms with van der Waals surface area (Å²) in [5.74, 6) is 0.636. The van der Waals surface area contributed by atoms with Crippen LogP contribution in [0.15, 0.2) is 65.3 Å². The Morgan fingerprint density at radius 2 is 1.53 bits per heavy atom. The molecule has 0 aliphatic carbocycles. The van der Waals surface area contributed by atoms with Crippen molar-refractivity contribution in [1.29, 1.82) is 0 Å². The Bertz CT molecular complexity index is 1040. The lowest BCUT2D eigenvalue weighted by Crippen LogP contribution is -2.48. The van der Waals surface area contributed by atoms with Crippen LogP contribution in [-0.4, -0.2) is 24.1 Å². The number of ketones is 1. The zero-order valence-electron chi connectivity index (χ0n) is 22.7. The molecule has 0 N–H and O–H groups in total. The number of benzene rings is 1. The number of nitrogens with zero attached hydrogens (tertiary/aromatic N) is 2. The molecular weight excluding hydrogens is 464 g/mol. The van der Waals surface area contributed by atoms with Gasteiger partial charge in [-0.25, -0.2) is 4.98 Å². The van der Waals surface area contributed by atoms with E-state index in [0.717, 1.165) is 25.7 Å². The number of hydrogen-bond donors (Lipinski definition) is 0. The topological polar surface area (TPSA) is 65.2 Å². The molecule has 6 heteroatoms. The number of pyridine rings is 1. The van der Waals surface area contributed by atoms with Gasteiger partial charge in [0, 0.05) is 12.6 Å². The average molecular weight is 507 g/mol. The van der Waals surface area contributed by atoms with Crippen LogP contribution in [-0.2, 0) is 4.43 Å². The predicted octanol–water partition coefficient (Wildman–Crippen LogP) is 8.80. The first-order chi connectivity index (χ1) is 17.3. The maximum Gasteiger partial charge on any atom is 0.263 e. The van der Waals surface area contributed by atoms with Gasteiger partial charge in [-0.15, -0.1) is 0 Å². The fourth-order valence-electron chi connectivity index (χ4n) is 5.54. The summed E-state index contributed by atoms with van der Waals surface area (Å²) in [7, 11) is -2.01. The van der Waals surface area contributed by atoms with Crippen molar-refractivity contribution in [1.82, 2.24) is 9.97 Å². The molecule has 0 spiro atoms. The maximum atomic E-state index is 12.6. The second-order valence-electron chi connectivity index (χ2n) is 10.6. The van der Waals surface area contributed by atoms with Crippen LogP contribution in [0.2, 0.25) is 16.6 Å². The first kappa shape index (κ1) is 28.0. The van der Waals surface area contributed by atoms with Gasteiger partial charge in [-0.1, -0.05) is 90.8 Å². The number of aromatic nitrogens is 2. The van der Waals surface area contributed by atoms with Gasteiger partial charge in [-0.05, 0) is 47.2 Å². The lowest BCUT2D eigenvalue weighted by molar-refractivity contribution is 0.0945. The van der Waals surface area contributed by atoms with Crippen LogP contribution < -0.4 is 0 Å². The molecule has 3 aromatic rings. The van der Waals surface area contributed by atoms with Gasteiger partial charge < -0.3 is 8.84 Å². The van der Waals surface area contributed by atoms with E-state index in [9.17, 15) is 4.79 Å². The highest BCUT2D eigenvalue weighted by atomic mass is 28.4. The third-order valence-corrected chi connectivity index (χ3v) is 13.4. The van der Waals surface area contributed by atoms with Crippen LogP contribution in [0.5, 0.6) is 0 Å². The monoisotopic (exact) mass is 506 g/mol. The largest absolute Gasteiger partial charge is 0.432 e. The third-order valence-electron chi connectivity index (χ3n) is 7.26. The molecule has 5 nitrogen and oxygen atoms in total. The second-order valence-corrected chi connectivity index (χ2v) is 16.0. The Morgan fingerprint density at radius 1 is 0.861 bits per heavy atom. The molecule has 36 heavy (non-hydrogen) atoms. The standard InChI is InChI=1S/C30H42N2O3Si/c1-22(2)36(23(3)4,24(5)6)35-28(25-15-9-7-10-16-25)19-12-8-11-18-27(33)30-32-21-29(34-30)26-17-13-14-20-31-26/h7,9-10,13-17,20-24,28H,8,11-12,18-19H2,1-6H3. The number of carbonyl (C=O) groups is 1. The molecule has 3 rings (SSSR count). The molecule has 1 unspecified atom stereocenters. The fraction of sp³-hybridized carbons (Fsp3) is 0.500. The Labute approximate surface area is 217 Å². The van der Waals surface area contributed by atoms with E-state index in [1.807, 2.05) is 18.2 Å². The molecule has 1 atom stereocenters. The van der Waals surface area contributed by atoms with E-state index < -0.39 is 8.32 Å². The average Bonchev–Trinajstić information content (AvgIpc) is 3.36. The highest BCUT2D eigenvalue weighted by molar-refractivity contribution is 6.77. The number of carbonyl (C=O) groups excluding carboxylic acids is 1. The Hall–Kier alpha value is -2.57. The van der Waals surface area contributed by atoms with Crippen molar-refractivity contribution in [2.45, 2.75) is 96.4 Å². The van der Waals surface area contributed by atoms with E-state index >= 15 is 0 Å². The molecule has 0 fully saturated rings. The summed E-state index contributed by atoms with van der Waals surface area (Å²) in [6, 6.07) is 16.2. The summed E-state index contributed by atoms with van der Waals surface area (Å²) in [6.45, 7) is 14.0. The number of rotatable bonds is 14. The lowest BCUT2D eigenvalue weighted by Gasteiger charge is -2.45. The van der Waals surface area contributed by atoms with E-state index in [1.54, 1.807) is 12.4 Å². The van der Waals surface area contributed by atoms with Crippen molar-refractivity contribution < 1.29 is 13.6 Å². The number of unbranched alkanes of at least 4 members (excludes halogenated alkanes) is 2. The minimum Gasteiger partial charge on any atom is -0.432 e. The van der Waals surface area contributed by atoms with Gasteiger partial charge in [0.25, 0.3) is 5.89 Å². The molecule has 2 aromatic heterocycles. The molecule has 0 aliphatic heterocycles. The van der Waals surface area contributed by atoms with Gasteiger partial charge in [0.2, 0.25) is 14.1 Å². The van der Waals surface area contributed by atoms with E-state index in [0.29, 0.717) is 34.5 Å². The zero-order valence-corrected chi connectivity index (χ0v) is 23.7. The summed E-state index contributed by atoms with van der Waals surface area (Å²) in [5.41, 5.74) is 3.56. The highest BCUT2D eigenvalue weighted by Crippen LogP contribution is 2.46. The van der Waals surface area contributed by atoms with Crippen molar-refractivity contribution in [3.8, 4) is 11.5 Å². The van der Waals surface area contributed by atoms with Crippen LogP contribution >= 0.6 is 0 Å². The van der Waals surface area contributed by atoms with Crippen molar-refractivity contribution >= 4 is 14.1 Å². The minimum absolute atomic E-state index is 0.0566. The first-order valence-corrected chi connectivity index (χ1v) is 15.5. The van der Waals surface area contributed by atoms with E-state index in [1.165, 1.54) is 5.56 Å². The van der Waals surface area contributed by atoms with Gasteiger partial charge in [0.15, 0.2) is 5.76 Å². The summed E-state index contributed by atoms with van der Waals surface area (Å²) in [5, 5.41) is 0. The molecule has 0 bridgehead atoms. The number of oxazole rings is 1. The quantitative estimate of drug-likeness (QED) is 0.124. The molecule has 1 aromatic carbocycles. The van der Waals surface area contributed by atoms with Crippen molar-refractivity contribution in [3.05, 3.63) is 72.4 Å². The molecule has 0 saturated heterocycles. The van der Waals surface area contributed by atoms with Gasteiger partial charge >= 0.3 is 0 Å². The van der Waals surface area contributed by atoms with Crippen LogP contribution in [0, 0.1) is 0 Å². The Kier molecular flexibility index (Phi) is 10.2. The van der Waals surface area contributed by atoms with Crippen LogP contribution in [0.4, 0.5) is 0 Å². The Morgan fingerprint density at radius 3 is 2.14 bits per heavy atom. The molecule has 0 radical (unpaired) electrons. The van der Waals surface area contributed by atoms with Crippen LogP contribution in [0.3, 0.4) is 0 Å². The zero-order chi connectivity index (χ0) is 26.1. The van der Waals surface area contributed by atoms with E-state index in [-0.39, 0.29) is 17.8 Å². The van der Waals surface area contributed by atoms with E-state index in [2.05, 4.69) is 81.8 Å². The summed E-state index contributed by atoms with van der Waals surface area (Å²) < 4.78 is 12.9. The minimum atomic E-state index is -2.01. The summed E-state index contributed by atoms with van der Waals surface area (Å²) in [6.07, 6.45) is 7.54. The maximum absolute atomic E-state index is 12.6. The van der Waals surface area contributed by atoms with Gasteiger partial charge in [0.05, 0.1) is 12.3 Å². The van der Waals surface area contributed by atoms with Crippen molar-refractivity contribution in [3.63, 3.8) is 0 Å². The molecule has 194 valence electrons. The Balaban J connectivity index is 1.58. The van der Waals surface area contributed by atoms with E-state index in [4.69, 9.17) is 8.84 Å².